The number of hydrogen-bond donors (Lipinski definition) is 2. The van der Waals surface area contributed by atoms with E-state index in [1.54, 1.807) is 11.6 Å². The van der Waals surface area contributed by atoms with E-state index in [0.717, 1.165) is 10.2 Å². The van der Waals surface area contributed by atoms with Gasteiger partial charge in [-0.1, -0.05) is 11.6 Å². The Bertz CT molecular complexity index is 801. The van der Waals surface area contributed by atoms with Crippen LogP contribution < -0.4 is 5.32 Å². The smallest absolute Gasteiger partial charge is 0.257 e. The molecule has 20 heavy (non-hydrogen) atoms. The second kappa shape index (κ2) is 5.11. The summed E-state index contributed by atoms with van der Waals surface area (Å²) in [6.45, 7) is 0. The van der Waals surface area contributed by atoms with Gasteiger partial charge in [0, 0.05) is 5.69 Å². The van der Waals surface area contributed by atoms with Crippen molar-refractivity contribution >= 4 is 44.7 Å². The fraction of sp³-hybridized carbons (Fsp3) is 0. The zero-order valence-corrected chi connectivity index (χ0v) is 11.7. The van der Waals surface area contributed by atoms with E-state index in [1.807, 2.05) is 12.1 Å². The number of nitrogens with one attached hydrogen (secondary N) is 1. The van der Waals surface area contributed by atoms with Gasteiger partial charge in [-0.25, -0.2) is 4.98 Å². The monoisotopic (exact) mass is 304 g/mol. The van der Waals surface area contributed by atoms with Crippen LogP contribution in [0.4, 0.5) is 5.69 Å². The standard InChI is InChI=1S/C14H9ClN2O2S/c15-11-3-2-9(18)6-10(11)14(19)17-8-1-4-12-13(5-8)20-7-16-12/h1-7,18H,(H,17,19). The first kappa shape index (κ1) is 12.9. The first-order valence-corrected chi connectivity index (χ1v) is 7.02. The van der Waals surface area contributed by atoms with Crippen LogP contribution in [0.15, 0.2) is 41.9 Å². The number of aromatic hydroxyl groups is 1. The van der Waals surface area contributed by atoms with E-state index in [2.05, 4.69) is 10.3 Å². The van der Waals surface area contributed by atoms with E-state index < -0.39 is 0 Å². The summed E-state index contributed by atoms with van der Waals surface area (Å²) in [4.78, 5) is 16.3. The van der Waals surface area contributed by atoms with Gasteiger partial charge in [-0.15, -0.1) is 11.3 Å². The van der Waals surface area contributed by atoms with E-state index in [4.69, 9.17) is 11.6 Å². The minimum absolute atomic E-state index is 0.00235. The fourth-order valence-electron chi connectivity index (χ4n) is 1.82. The Morgan fingerprint density at radius 2 is 2.10 bits per heavy atom. The van der Waals surface area contributed by atoms with E-state index in [9.17, 15) is 9.90 Å². The lowest BCUT2D eigenvalue weighted by atomic mass is 10.2. The summed E-state index contributed by atoms with van der Waals surface area (Å²) in [7, 11) is 0. The van der Waals surface area contributed by atoms with E-state index in [-0.39, 0.29) is 17.2 Å². The van der Waals surface area contributed by atoms with Crippen LogP contribution in [-0.2, 0) is 0 Å². The van der Waals surface area contributed by atoms with Crippen LogP contribution in [0.3, 0.4) is 0 Å². The highest BCUT2D eigenvalue weighted by Crippen LogP contribution is 2.25. The Balaban J connectivity index is 1.89. The van der Waals surface area contributed by atoms with Gasteiger partial charge in [0.2, 0.25) is 0 Å². The second-order valence-corrected chi connectivity index (χ2v) is 5.45. The molecule has 2 aromatic carbocycles. The number of fused-ring (bicyclic) bond motifs is 1. The van der Waals surface area contributed by atoms with Crippen LogP contribution in [0.2, 0.25) is 5.02 Å². The van der Waals surface area contributed by atoms with Gasteiger partial charge in [-0.2, -0.15) is 0 Å². The summed E-state index contributed by atoms with van der Waals surface area (Å²) in [5, 5.41) is 12.5. The number of amides is 1. The van der Waals surface area contributed by atoms with Gasteiger partial charge >= 0.3 is 0 Å². The van der Waals surface area contributed by atoms with Crippen LogP contribution in [0.5, 0.6) is 5.75 Å². The quantitative estimate of drug-likeness (QED) is 0.754. The molecule has 0 aliphatic carbocycles. The fourth-order valence-corrected chi connectivity index (χ4v) is 2.74. The maximum absolute atomic E-state index is 12.1. The molecule has 0 aliphatic rings. The van der Waals surface area contributed by atoms with Crippen molar-refractivity contribution in [3.05, 3.63) is 52.5 Å². The zero-order chi connectivity index (χ0) is 14.1. The summed E-state index contributed by atoms with van der Waals surface area (Å²) >= 11 is 7.46. The average Bonchev–Trinajstić information content (AvgIpc) is 2.89. The molecule has 0 atom stereocenters. The Labute approximate surface area is 123 Å². The van der Waals surface area contributed by atoms with E-state index in [1.165, 1.54) is 29.5 Å². The number of carbonyl (C=O) groups is 1. The molecule has 0 radical (unpaired) electrons. The lowest BCUT2D eigenvalue weighted by molar-refractivity contribution is 0.102. The first-order chi connectivity index (χ1) is 9.63. The van der Waals surface area contributed by atoms with Crippen LogP contribution in [0.25, 0.3) is 10.2 Å². The van der Waals surface area contributed by atoms with Gasteiger partial charge in [0.25, 0.3) is 5.91 Å². The van der Waals surface area contributed by atoms with Crippen molar-refractivity contribution < 1.29 is 9.90 Å². The summed E-state index contributed by atoms with van der Waals surface area (Å²) in [6, 6.07) is 9.72. The predicted octanol–water partition coefficient (Wildman–Crippen LogP) is 3.91. The average molecular weight is 305 g/mol. The van der Waals surface area contributed by atoms with Crippen molar-refractivity contribution in [2.45, 2.75) is 0 Å². The van der Waals surface area contributed by atoms with E-state index >= 15 is 0 Å². The zero-order valence-electron chi connectivity index (χ0n) is 10.1. The topological polar surface area (TPSA) is 62.2 Å². The SMILES string of the molecule is O=C(Nc1ccc2ncsc2c1)c1cc(O)ccc1Cl. The number of benzene rings is 2. The highest BCUT2D eigenvalue weighted by molar-refractivity contribution is 7.16. The molecule has 0 aliphatic heterocycles. The Hall–Kier alpha value is -2.11. The molecule has 1 amide bonds. The number of carbonyl (C=O) groups excluding carboxylic acids is 1. The summed E-state index contributed by atoms with van der Waals surface area (Å²) in [6.07, 6.45) is 0. The van der Waals surface area contributed by atoms with Crippen molar-refractivity contribution in [2.24, 2.45) is 0 Å². The number of rotatable bonds is 2. The minimum atomic E-state index is -0.366. The van der Waals surface area contributed by atoms with Crippen LogP contribution in [-0.4, -0.2) is 16.0 Å². The molecular weight excluding hydrogens is 296 g/mol. The van der Waals surface area contributed by atoms with Crippen molar-refractivity contribution in [1.29, 1.82) is 0 Å². The summed E-state index contributed by atoms with van der Waals surface area (Å²) < 4.78 is 0.991. The number of phenolic OH excluding ortho intramolecular Hbond substituents is 1. The third-order valence-electron chi connectivity index (χ3n) is 2.78. The largest absolute Gasteiger partial charge is 0.508 e. The number of halogens is 1. The van der Waals surface area contributed by atoms with Crippen molar-refractivity contribution in [3.8, 4) is 5.75 Å². The molecule has 2 N–H and O–H groups in total. The molecule has 0 saturated carbocycles. The molecule has 6 heteroatoms. The lowest BCUT2D eigenvalue weighted by Gasteiger charge is -2.07. The third-order valence-corrected chi connectivity index (χ3v) is 3.91. The predicted molar refractivity (Wildman–Crippen MR) is 80.7 cm³/mol. The number of anilines is 1. The first-order valence-electron chi connectivity index (χ1n) is 5.76. The number of nitrogens with zero attached hydrogens (tertiary/aromatic N) is 1. The molecule has 100 valence electrons. The minimum Gasteiger partial charge on any atom is -0.508 e. The molecular formula is C14H9ClN2O2S. The molecule has 0 fully saturated rings. The van der Waals surface area contributed by atoms with Gasteiger partial charge in [0.1, 0.15) is 5.75 Å². The molecule has 0 saturated heterocycles. The Morgan fingerprint density at radius 3 is 2.95 bits per heavy atom. The Morgan fingerprint density at radius 1 is 1.25 bits per heavy atom. The van der Waals surface area contributed by atoms with Crippen molar-refractivity contribution in [1.82, 2.24) is 4.98 Å². The van der Waals surface area contributed by atoms with E-state index in [0.29, 0.717) is 10.7 Å². The molecule has 4 nitrogen and oxygen atoms in total. The summed E-state index contributed by atoms with van der Waals surface area (Å²) in [5.41, 5.74) is 3.54. The van der Waals surface area contributed by atoms with Gasteiger partial charge in [-0.3, -0.25) is 4.79 Å². The number of hydrogen-bond acceptors (Lipinski definition) is 4. The molecule has 3 rings (SSSR count). The molecule has 1 heterocycles. The molecule has 0 unspecified atom stereocenters. The van der Waals surface area contributed by atoms with Gasteiger partial charge < -0.3 is 10.4 Å². The second-order valence-electron chi connectivity index (χ2n) is 4.15. The number of aromatic nitrogens is 1. The van der Waals surface area contributed by atoms with Crippen molar-refractivity contribution in [3.63, 3.8) is 0 Å². The third kappa shape index (κ3) is 2.45. The maximum atomic E-state index is 12.1. The molecule has 1 aromatic heterocycles. The highest BCUT2D eigenvalue weighted by Gasteiger charge is 2.12. The summed E-state index contributed by atoms with van der Waals surface area (Å²) in [5.74, 6) is -0.368. The molecule has 0 spiro atoms. The molecule has 0 bridgehead atoms. The van der Waals surface area contributed by atoms with Crippen LogP contribution in [0, 0.1) is 0 Å². The highest BCUT2D eigenvalue weighted by atomic mass is 35.5. The van der Waals surface area contributed by atoms with Crippen LogP contribution in [0.1, 0.15) is 10.4 Å². The number of phenols is 1. The lowest BCUT2D eigenvalue weighted by Crippen LogP contribution is -2.12. The normalized spacial score (nSPS) is 10.7. The van der Waals surface area contributed by atoms with Gasteiger partial charge in [0.15, 0.2) is 0 Å². The van der Waals surface area contributed by atoms with Crippen molar-refractivity contribution in [2.75, 3.05) is 5.32 Å². The van der Waals surface area contributed by atoms with Gasteiger partial charge in [-0.05, 0) is 36.4 Å². The molecule has 3 aromatic rings. The maximum Gasteiger partial charge on any atom is 0.257 e. The number of thiazole rings is 1. The van der Waals surface area contributed by atoms with Crippen LogP contribution >= 0.6 is 22.9 Å². The van der Waals surface area contributed by atoms with Gasteiger partial charge in [0.05, 0.1) is 26.3 Å². The Kier molecular flexibility index (Phi) is 3.30.